The first-order chi connectivity index (χ1) is 10.2. The molecule has 1 aromatic carbocycles. The molecular formula is C15H18FN3OS. The topological polar surface area (TPSA) is 54.9 Å². The molecule has 0 aliphatic carbocycles. The minimum atomic E-state index is -0.338. The van der Waals surface area contributed by atoms with Gasteiger partial charge in [0.25, 0.3) is 0 Å². The second kappa shape index (κ2) is 7.83. The van der Waals surface area contributed by atoms with Gasteiger partial charge in [0.1, 0.15) is 10.8 Å². The summed E-state index contributed by atoms with van der Waals surface area (Å²) in [6.07, 6.45) is 4.44. The largest absolute Gasteiger partial charge is 0.300 e. The quantitative estimate of drug-likeness (QED) is 0.795. The number of nitrogens with zero attached hydrogens (tertiary/aromatic N) is 2. The zero-order valence-corrected chi connectivity index (χ0v) is 12.8. The normalized spacial score (nSPS) is 10.6. The molecule has 1 N–H and O–H groups in total. The van der Waals surface area contributed by atoms with Crippen LogP contribution in [0.2, 0.25) is 0 Å². The summed E-state index contributed by atoms with van der Waals surface area (Å²) >= 11 is 1.40. The Kier molecular flexibility index (Phi) is 5.80. The van der Waals surface area contributed by atoms with Crippen molar-refractivity contribution in [1.29, 1.82) is 0 Å². The Balaban J connectivity index is 1.85. The highest BCUT2D eigenvalue weighted by molar-refractivity contribution is 7.15. The first-order valence-electron chi connectivity index (χ1n) is 7.04. The second-order valence-electron chi connectivity index (χ2n) is 4.81. The minimum Gasteiger partial charge on any atom is -0.300 e. The lowest BCUT2D eigenvalue weighted by Crippen LogP contribution is -2.14. The second-order valence-corrected chi connectivity index (χ2v) is 5.88. The van der Waals surface area contributed by atoms with Gasteiger partial charge in [-0.2, -0.15) is 0 Å². The molecule has 0 bridgehead atoms. The summed E-state index contributed by atoms with van der Waals surface area (Å²) < 4.78 is 13.0. The number of nitrogens with one attached hydrogen (secondary N) is 1. The van der Waals surface area contributed by atoms with Crippen molar-refractivity contribution in [3.63, 3.8) is 0 Å². The Hall–Kier alpha value is -1.82. The number of anilines is 1. The maximum Gasteiger partial charge on any atom is 0.230 e. The third kappa shape index (κ3) is 5.23. The monoisotopic (exact) mass is 307 g/mol. The van der Waals surface area contributed by atoms with E-state index in [2.05, 4.69) is 22.4 Å². The molecule has 21 heavy (non-hydrogen) atoms. The lowest BCUT2D eigenvalue weighted by atomic mass is 10.1. The van der Waals surface area contributed by atoms with Gasteiger partial charge in [-0.1, -0.05) is 43.2 Å². The highest BCUT2D eigenvalue weighted by Crippen LogP contribution is 2.17. The van der Waals surface area contributed by atoms with Crippen LogP contribution in [-0.4, -0.2) is 16.1 Å². The fourth-order valence-electron chi connectivity index (χ4n) is 1.93. The van der Waals surface area contributed by atoms with Crippen LogP contribution in [0.15, 0.2) is 24.3 Å². The van der Waals surface area contributed by atoms with Gasteiger partial charge >= 0.3 is 0 Å². The lowest BCUT2D eigenvalue weighted by molar-refractivity contribution is -0.115. The summed E-state index contributed by atoms with van der Waals surface area (Å²) in [5, 5.41) is 12.2. The van der Waals surface area contributed by atoms with Crippen molar-refractivity contribution in [1.82, 2.24) is 10.2 Å². The van der Waals surface area contributed by atoms with Crippen LogP contribution in [0.1, 0.15) is 36.8 Å². The van der Waals surface area contributed by atoms with E-state index in [-0.39, 0.29) is 18.1 Å². The van der Waals surface area contributed by atoms with E-state index < -0.39 is 0 Å². The smallest absolute Gasteiger partial charge is 0.230 e. The lowest BCUT2D eigenvalue weighted by Gasteiger charge is -2.01. The third-order valence-electron chi connectivity index (χ3n) is 2.96. The number of aromatic nitrogens is 2. The molecule has 2 aromatic rings. The molecule has 0 saturated carbocycles. The molecule has 1 heterocycles. The average molecular weight is 307 g/mol. The summed E-state index contributed by atoms with van der Waals surface area (Å²) in [6.45, 7) is 2.15. The Bertz CT molecular complexity index is 600. The SMILES string of the molecule is CCCCCc1nnc(NC(=O)Cc2cccc(F)c2)s1. The molecule has 0 atom stereocenters. The molecule has 6 heteroatoms. The molecular weight excluding hydrogens is 289 g/mol. The minimum absolute atomic E-state index is 0.127. The summed E-state index contributed by atoms with van der Waals surface area (Å²) in [5.41, 5.74) is 0.639. The van der Waals surface area contributed by atoms with E-state index in [4.69, 9.17) is 0 Å². The molecule has 0 aliphatic rings. The standard InChI is InChI=1S/C15H18FN3OS/c1-2-3-4-8-14-18-19-15(21-14)17-13(20)10-11-6-5-7-12(16)9-11/h5-7,9H,2-4,8,10H2,1H3,(H,17,19,20). The van der Waals surface area contributed by atoms with E-state index in [1.807, 2.05) is 0 Å². The zero-order valence-electron chi connectivity index (χ0n) is 11.9. The van der Waals surface area contributed by atoms with Crippen molar-refractivity contribution in [3.05, 3.63) is 40.7 Å². The molecule has 0 saturated heterocycles. The van der Waals surface area contributed by atoms with Gasteiger partial charge in [0.2, 0.25) is 11.0 Å². The van der Waals surface area contributed by atoms with E-state index in [0.717, 1.165) is 24.3 Å². The maximum absolute atomic E-state index is 13.0. The van der Waals surface area contributed by atoms with Gasteiger partial charge in [0, 0.05) is 6.42 Å². The molecule has 0 radical (unpaired) electrons. The van der Waals surface area contributed by atoms with Crippen LogP contribution in [0.25, 0.3) is 0 Å². The highest BCUT2D eigenvalue weighted by Gasteiger charge is 2.09. The summed E-state index contributed by atoms with van der Waals surface area (Å²) in [4.78, 5) is 11.9. The molecule has 4 nitrogen and oxygen atoms in total. The Labute approximate surface area is 127 Å². The number of halogens is 1. The van der Waals surface area contributed by atoms with Gasteiger partial charge in [-0.05, 0) is 24.1 Å². The molecule has 0 spiro atoms. The van der Waals surface area contributed by atoms with Crippen molar-refractivity contribution < 1.29 is 9.18 Å². The summed E-state index contributed by atoms with van der Waals surface area (Å²) in [5.74, 6) is -0.550. The van der Waals surface area contributed by atoms with Gasteiger partial charge in [0.15, 0.2) is 0 Å². The fraction of sp³-hybridized carbons (Fsp3) is 0.400. The van der Waals surface area contributed by atoms with E-state index in [0.29, 0.717) is 10.7 Å². The average Bonchev–Trinajstić information content (AvgIpc) is 2.86. The number of aryl methyl sites for hydroxylation is 1. The Morgan fingerprint density at radius 1 is 1.33 bits per heavy atom. The van der Waals surface area contributed by atoms with Crippen LogP contribution >= 0.6 is 11.3 Å². The third-order valence-corrected chi connectivity index (χ3v) is 3.86. The number of hydrogen-bond donors (Lipinski definition) is 1. The van der Waals surface area contributed by atoms with Gasteiger partial charge in [-0.15, -0.1) is 10.2 Å². The summed E-state index contributed by atoms with van der Waals surface area (Å²) in [7, 11) is 0. The fourth-order valence-corrected chi connectivity index (χ4v) is 2.72. The molecule has 1 amide bonds. The number of unbranched alkanes of at least 4 members (excludes halogenated alkanes) is 2. The van der Waals surface area contributed by atoms with Gasteiger partial charge < -0.3 is 5.32 Å². The molecule has 1 aromatic heterocycles. The highest BCUT2D eigenvalue weighted by atomic mass is 32.1. The first kappa shape index (κ1) is 15.6. The zero-order chi connectivity index (χ0) is 15.1. The van der Waals surface area contributed by atoms with E-state index in [1.54, 1.807) is 12.1 Å². The van der Waals surface area contributed by atoms with E-state index in [9.17, 15) is 9.18 Å². The number of rotatable bonds is 7. The maximum atomic E-state index is 13.0. The van der Waals surface area contributed by atoms with E-state index in [1.165, 1.54) is 29.9 Å². The molecule has 0 unspecified atom stereocenters. The number of hydrogen-bond acceptors (Lipinski definition) is 4. The summed E-state index contributed by atoms with van der Waals surface area (Å²) in [6, 6.07) is 6.03. The van der Waals surface area contributed by atoms with Crippen LogP contribution in [0, 0.1) is 5.82 Å². The number of benzene rings is 1. The van der Waals surface area contributed by atoms with E-state index >= 15 is 0 Å². The first-order valence-corrected chi connectivity index (χ1v) is 7.85. The van der Waals surface area contributed by atoms with Crippen LogP contribution in [-0.2, 0) is 17.6 Å². The van der Waals surface area contributed by atoms with Crippen molar-refractivity contribution in [2.75, 3.05) is 5.32 Å². The molecule has 112 valence electrons. The number of amides is 1. The predicted octanol–water partition coefficient (Wildman–Crippen LogP) is 3.59. The Morgan fingerprint density at radius 2 is 2.19 bits per heavy atom. The Morgan fingerprint density at radius 3 is 2.95 bits per heavy atom. The van der Waals surface area contributed by atoms with Gasteiger partial charge in [-0.3, -0.25) is 4.79 Å². The molecule has 0 aliphatic heterocycles. The van der Waals surface area contributed by atoms with Crippen molar-refractivity contribution in [2.45, 2.75) is 39.0 Å². The molecule has 2 rings (SSSR count). The molecule has 0 fully saturated rings. The number of carbonyl (C=O) groups excluding carboxylic acids is 1. The van der Waals surface area contributed by atoms with Crippen LogP contribution < -0.4 is 5.32 Å². The van der Waals surface area contributed by atoms with Crippen molar-refractivity contribution in [2.24, 2.45) is 0 Å². The van der Waals surface area contributed by atoms with Crippen LogP contribution in [0.5, 0.6) is 0 Å². The van der Waals surface area contributed by atoms with Crippen LogP contribution in [0.3, 0.4) is 0 Å². The van der Waals surface area contributed by atoms with Crippen molar-refractivity contribution in [3.8, 4) is 0 Å². The van der Waals surface area contributed by atoms with Gasteiger partial charge in [-0.25, -0.2) is 4.39 Å². The van der Waals surface area contributed by atoms with Gasteiger partial charge in [0.05, 0.1) is 6.42 Å². The van der Waals surface area contributed by atoms with Crippen LogP contribution in [0.4, 0.5) is 9.52 Å². The number of carbonyl (C=O) groups is 1. The predicted molar refractivity (Wildman–Crippen MR) is 81.9 cm³/mol. The van der Waals surface area contributed by atoms with Crippen molar-refractivity contribution >= 4 is 22.4 Å².